The van der Waals surface area contributed by atoms with E-state index >= 15 is 0 Å². The lowest BCUT2D eigenvalue weighted by atomic mass is 9.73. The van der Waals surface area contributed by atoms with E-state index in [1.807, 2.05) is 6.92 Å². The normalized spacial score (nSPS) is 16.3. The number of aliphatic hydroxyl groups excluding tert-OH is 2. The van der Waals surface area contributed by atoms with Crippen molar-refractivity contribution in [1.29, 1.82) is 0 Å². The molecular weight excluding hydrogens is 292 g/mol. The van der Waals surface area contributed by atoms with Crippen molar-refractivity contribution in [2.24, 2.45) is 0 Å². The van der Waals surface area contributed by atoms with Gasteiger partial charge in [0.2, 0.25) is 0 Å². The Hall–Kier alpha value is -0.380. The van der Waals surface area contributed by atoms with Gasteiger partial charge in [0.25, 0.3) is 0 Å². The molecule has 3 heteroatoms. The molecule has 0 fully saturated rings. The minimum atomic E-state index is -0.712. The number of benzene rings is 1. The third-order valence-corrected chi connectivity index (χ3v) is 4.26. The predicted octanol–water partition coefficient (Wildman–Crippen LogP) is 3.17. The molecule has 0 aliphatic carbocycles. The van der Waals surface area contributed by atoms with Crippen molar-refractivity contribution in [3.8, 4) is 0 Å². The van der Waals surface area contributed by atoms with Gasteiger partial charge in [-0.15, -0.1) is 0 Å². The maximum Gasteiger partial charge on any atom is 0.0864 e. The lowest BCUT2D eigenvalue weighted by molar-refractivity contribution is 0.0291. The van der Waals surface area contributed by atoms with Crippen LogP contribution < -0.4 is 0 Å². The number of aryl methyl sites for hydroxylation is 1. The van der Waals surface area contributed by atoms with E-state index in [1.165, 1.54) is 5.56 Å². The maximum absolute atomic E-state index is 10.1. The van der Waals surface area contributed by atoms with E-state index in [0.29, 0.717) is 0 Å². The lowest BCUT2D eigenvalue weighted by Crippen LogP contribution is -2.39. The van der Waals surface area contributed by atoms with E-state index in [0.717, 1.165) is 30.2 Å². The second kappa shape index (κ2) is 7.27. The Morgan fingerprint density at radius 3 is 2.33 bits per heavy atom. The third kappa shape index (κ3) is 3.81. The molecular formula is C15H23BrO2. The number of unbranched alkanes of at least 4 members (excludes halogenated alkanes) is 1. The quantitative estimate of drug-likeness (QED) is 0.599. The van der Waals surface area contributed by atoms with Crippen LogP contribution in [0, 0.1) is 6.92 Å². The molecule has 0 aliphatic heterocycles. The Labute approximate surface area is 118 Å². The maximum atomic E-state index is 10.1. The van der Waals surface area contributed by atoms with Crippen LogP contribution >= 0.6 is 15.9 Å². The molecule has 0 aromatic heterocycles. The topological polar surface area (TPSA) is 40.5 Å². The summed E-state index contributed by atoms with van der Waals surface area (Å²) in [5.41, 5.74) is 1.94. The predicted molar refractivity (Wildman–Crippen MR) is 79.3 cm³/mol. The molecule has 0 aliphatic rings. The van der Waals surface area contributed by atoms with Gasteiger partial charge in [-0.1, -0.05) is 59.1 Å². The summed E-state index contributed by atoms with van der Waals surface area (Å²) in [6.07, 6.45) is 2.28. The second-order valence-corrected chi connectivity index (χ2v) is 5.92. The Balaban J connectivity index is 2.92. The first-order valence-electron chi connectivity index (χ1n) is 6.46. The van der Waals surface area contributed by atoms with Crippen LogP contribution in [0.3, 0.4) is 0 Å². The fourth-order valence-electron chi connectivity index (χ4n) is 2.23. The molecule has 18 heavy (non-hydrogen) atoms. The van der Waals surface area contributed by atoms with Crippen molar-refractivity contribution in [1.82, 2.24) is 0 Å². The van der Waals surface area contributed by atoms with Crippen LogP contribution in [0.1, 0.15) is 37.3 Å². The van der Waals surface area contributed by atoms with Crippen molar-refractivity contribution < 1.29 is 10.2 Å². The number of alkyl halides is 1. The van der Waals surface area contributed by atoms with Gasteiger partial charge in [0.15, 0.2) is 0 Å². The summed E-state index contributed by atoms with van der Waals surface area (Å²) in [7, 11) is 0. The molecule has 0 bridgehead atoms. The molecule has 2 unspecified atom stereocenters. The molecule has 102 valence electrons. The summed E-state index contributed by atoms with van der Waals surface area (Å²) < 4.78 is 0. The molecule has 0 saturated carbocycles. The van der Waals surface area contributed by atoms with Crippen LogP contribution in [0.5, 0.6) is 0 Å². The summed E-state index contributed by atoms with van der Waals surface area (Å²) in [6.45, 7) is 3.89. The van der Waals surface area contributed by atoms with E-state index < -0.39 is 6.10 Å². The fraction of sp³-hybridized carbons (Fsp3) is 0.600. The molecule has 1 aromatic carbocycles. The molecule has 2 N–H and O–H groups in total. The zero-order valence-electron chi connectivity index (χ0n) is 11.2. The number of halogens is 1. The molecule has 1 rings (SSSR count). The van der Waals surface area contributed by atoms with Gasteiger partial charge < -0.3 is 10.2 Å². The first-order chi connectivity index (χ1) is 8.54. The first kappa shape index (κ1) is 15.7. The Kier molecular flexibility index (Phi) is 6.33. The average Bonchev–Trinajstić information content (AvgIpc) is 2.38. The van der Waals surface area contributed by atoms with Gasteiger partial charge in [0.05, 0.1) is 12.7 Å². The monoisotopic (exact) mass is 314 g/mol. The molecule has 0 spiro atoms. The summed E-state index contributed by atoms with van der Waals surface area (Å²) in [5.74, 6) is 0. The molecule has 2 atom stereocenters. The van der Waals surface area contributed by atoms with Gasteiger partial charge in [0.1, 0.15) is 0 Å². The van der Waals surface area contributed by atoms with E-state index in [2.05, 4.69) is 47.1 Å². The highest BCUT2D eigenvalue weighted by Gasteiger charge is 2.33. The lowest BCUT2D eigenvalue weighted by Gasteiger charge is -2.34. The minimum Gasteiger partial charge on any atom is -0.394 e. The molecule has 1 aromatic rings. The highest BCUT2D eigenvalue weighted by atomic mass is 79.9. The van der Waals surface area contributed by atoms with Crippen LogP contribution in [-0.4, -0.2) is 28.3 Å². The van der Waals surface area contributed by atoms with Gasteiger partial charge in [-0.3, -0.25) is 0 Å². The van der Waals surface area contributed by atoms with Gasteiger partial charge in [-0.05, 0) is 25.3 Å². The first-order valence-corrected chi connectivity index (χ1v) is 7.59. The molecule has 0 amide bonds. The van der Waals surface area contributed by atoms with Crippen molar-refractivity contribution in [2.45, 2.75) is 44.6 Å². The fourth-order valence-corrected chi connectivity index (χ4v) is 2.62. The average molecular weight is 315 g/mol. The zero-order chi connectivity index (χ0) is 13.6. The van der Waals surface area contributed by atoms with Gasteiger partial charge in [-0.2, -0.15) is 0 Å². The summed E-state index contributed by atoms with van der Waals surface area (Å²) >= 11 is 3.43. The minimum absolute atomic E-state index is 0.196. The molecule has 2 nitrogen and oxygen atoms in total. The third-order valence-electron chi connectivity index (χ3n) is 3.70. The SMILES string of the molecule is Cc1ccc(C(C)(CCCCBr)C(O)CO)cc1. The van der Waals surface area contributed by atoms with E-state index in [1.54, 1.807) is 0 Å². The van der Waals surface area contributed by atoms with E-state index in [-0.39, 0.29) is 12.0 Å². The number of aliphatic hydroxyl groups is 2. The van der Waals surface area contributed by atoms with Crippen LogP contribution in [0.4, 0.5) is 0 Å². The number of hydrogen-bond donors (Lipinski definition) is 2. The van der Waals surface area contributed by atoms with Crippen molar-refractivity contribution >= 4 is 15.9 Å². The van der Waals surface area contributed by atoms with Crippen LogP contribution in [0.15, 0.2) is 24.3 Å². The van der Waals surface area contributed by atoms with Crippen molar-refractivity contribution in [3.63, 3.8) is 0 Å². The van der Waals surface area contributed by atoms with Crippen LogP contribution in [0.25, 0.3) is 0 Å². The van der Waals surface area contributed by atoms with E-state index in [9.17, 15) is 10.2 Å². The summed E-state index contributed by atoms with van der Waals surface area (Å²) in [5, 5.41) is 20.4. The molecule has 0 radical (unpaired) electrons. The van der Waals surface area contributed by atoms with E-state index in [4.69, 9.17) is 0 Å². The van der Waals surface area contributed by atoms with Gasteiger partial charge >= 0.3 is 0 Å². The standard InChI is InChI=1S/C15H23BrO2/c1-12-5-7-13(8-6-12)15(2,14(18)11-17)9-3-4-10-16/h5-8,14,17-18H,3-4,9-11H2,1-2H3. The zero-order valence-corrected chi connectivity index (χ0v) is 12.8. The molecule has 0 saturated heterocycles. The second-order valence-electron chi connectivity index (χ2n) is 5.13. The van der Waals surface area contributed by atoms with Gasteiger partial charge in [-0.25, -0.2) is 0 Å². The highest BCUT2D eigenvalue weighted by Crippen LogP contribution is 2.33. The van der Waals surface area contributed by atoms with Crippen LogP contribution in [0.2, 0.25) is 0 Å². The smallest absolute Gasteiger partial charge is 0.0864 e. The Morgan fingerprint density at radius 1 is 1.22 bits per heavy atom. The van der Waals surface area contributed by atoms with Crippen LogP contribution in [-0.2, 0) is 5.41 Å². The van der Waals surface area contributed by atoms with Crippen molar-refractivity contribution in [3.05, 3.63) is 35.4 Å². The van der Waals surface area contributed by atoms with Crippen molar-refractivity contribution in [2.75, 3.05) is 11.9 Å². The number of rotatable bonds is 7. The highest BCUT2D eigenvalue weighted by molar-refractivity contribution is 9.09. The van der Waals surface area contributed by atoms with Gasteiger partial charge in [0, 0.05) is 10.7 Å². The largest absolute Gasteiger partial charge is 0.394 e. The Bertz CT molecular complexity index is 350. The number of hydrogen-bond acceptors (Lipinski definition) is 2. The summed E-state index contributed by atoms with van der Waals surface area (Å²) in [4.78, 5) is 0. The Morgan fingerprint density at radius 2 is 1.83 bits per heavy atom. The molecule has 0 heterocycles. The summed E-state index contributed by atoms with van der Waals surface area (Å²) in [6, 6.07) is 8.23.